The maximum absolute atomic E-state index is 12.1. The molecule has 13 heteroatoms. The number of phenolic OH excluding ortho intramolecular Hbond substituents is 2. The molecule has 2 saturated heterocycles. The van der Waals surface area contributed by atoms with E-state index in [1.807, 2.05) is 0 Å². The molecule has 0 radical (unpaired) electrons. The molecule has 1 aromatic rings. The number of aliphatic hydroxyl groups is 6. The number of carbonyl (C=O) groups is 1. The van der Waals surface area contributed by atoms with Crippen LogP contribution in [0, 0.1) is 0 Å². The molecule has 33 heavy (non-hydrogen) atoms. The van der Waals surface area contributed by atoms with Crippen molar-refractivity contribution in [2.75, 3.05) is 19.8 Å². The summed E-state index contributed by atoms with van der Waals surface area (Å²) in [5, 5.41) is 78.2. The van der Waals surface area contributed by atoms with E-state index in [0.717, 1.165) is 6.08 Å². The van der Waals surface area contributed by atoms with Crippen molar-refractivity contribution in [1.29, 1.82) is 0 Å². The third kappa shape index (κ3) is 5.60. The lowest BCUT2D eigenvalue weighted by molar-refractivity contribution is -0.300. The highest BCUT2D eigenvalue weighted by atomic mass is 16.7. The van der Waals surface area contributed by atoms with Crippen LogP contribution in [0.1, 0.15) is 5.56 Å². The predicted octanol–water partition coefficient (Wildman–Crippen LogP) is -3.08. The molecule has 1 aromatic carbocycles. The second kappa shape index (κ2) is 10.3. The van der Waals surface area contributed by atoms with E-state index in [1.165, 1.54) is 24.3 Å². The predicted molar refractivity (Wildman–Crippen MR) is 105 cm³/mol. The highest BCUT2D eigenvalue weighted by Gasteiger charge is 2.50. The Morgan fingerprint density at radius 1 is 1.09 bits per heavy atom. The molecule has 0 spiro atoms. The second-order valence-corrected chi connectivity index (χ2v) is 7.75. The molecule has 0 aliphatic carbocycles. The van der Waals surface area contributed by atoms with Gasteiger partial charge in [-0.2, -0.15) is 0 Å². The Labute approximate surface area is 187 Å². The molecular formula is C20H26O13. The van der Waals surface area contributed by atoms with Crippen molar-refractivity contribution in [2.24, 2.45) is 0 Å². The Balaban J connectivity index is 1.58. The summed E-state index contributed by atoms with van der Waals surface area (Å²) in [5.41, 5.74) is -1.57. The molecule has 8 atom stereocenters. The zero-order valence-corrected chi connectivity index (χ0v) is 17.2. The highest BCUT2D eigenvalue weighted by Crippen LogP contribution is 2.28. The van der Waals surface area contributed by atoms with Gasteiger partial charge in [-0.3, -0.25) is 0 Å². The van der Waals surface area contributed by atoms with E-state index in [4.69, 9.17) is 24.1 Å². The van der Waals surface area contributed by atoms with Crippen LogP contribution in [0.5, 0.6) is 11.5 Å². The van der Waals surface area contributed by atoms with Crippen molar-refractivity contribution in [3.05, 3.63) is 29.8 Å². The zero-order valence-electron chi connectivity index (χ0n) is 17.2. The second-order valence-electron chi connectivity index (χ2n) is 7.75. The third-order valence-electron chi connectivity index (χ3n) is 5.32. The van der Waals surface area contributed by atoms with Gasteiger partial charge in [-0.05, 0) is 23.8 Å². The van der Waals surface area contributed by atoms with Crippen LogP contribution in [-0.2, 0) is 23.7 Å². The number of aliphatic hydroxyl groups excluding tert-OH is 5. The molecule has 2 fully saturated rings. The Hall–Kier alpha value is -2.33. The van der Waals surface area contributed by atoms with E-state index in [0.29, 0.717) is 5.56 Å². The number of hydrogen-bond donors (Lipinski definition) is 8. The number of rotatable bonds is 7. The summed E-state index contributed by atoms with van der Waals surface area (Å²) in [7, 11) is 0. The van der Waals surface area contributed by atoms with Gasteiger partial charge < -0.3 is 59.8 Å². The number of ether oxygens (including phenoxy) is 4. The summed E-state index contributed by atoms with van der Waals surface area (Å²) in [6.45, 7) is -1.68. The topological polar surface area (TPSA) is 216 Å². The van der Waals surface area contributed by atoms with Crippen molar-refractivity contribution in [1.82, 2.24) is 0 Å². The van der Waals surface area contributed by atoms with Gasteiger partial charge in [0.2, 0.25) is 6.29 Å². The van der Waals surface area contributed by atoms with Crippen LogP contribution in [0.3, 0.4) is 0 Å². The van der Waals surface area contributed by atoms with E-state index >= 15 is 0 Å². The average Bonchev–Trinajstić information content (AvgIpc) is 3.08. The van der Waals surface area contributed by atoms with Crippen LogP contribution in [0.25, 0.3) is 6.08 Å². The van der Waals surface area contributed by atoms with Gasteiger partial charge in [-0.1, -0.05) is 6.07 Å². The Bertz CT molecular complexity index is 860. The van der Waals surface area contributed by atoms with Crippen molar-refractivity contribution in [2.45, 2.75) is 48.7 Å². The SMILES string of the molecule is O=C(/C=C/c1ccc(O)c(O)c1)O[C@H]1O[C@@H](CO[C@H]2OC[C@@](O)(CO)[C@@H]2O)[C@H](O)[C@@H](O)[C@@H]1O. The summed E-state index contributed by atoms with van der Waals surface area (Å²) >= 11 is 0. The summed E-state index contributed by atoms with van der Waals surface area (Å²) < 4.78 is 20.6. The first kappa shape index (κ1) is 25.3. The Morgan fingerprint density at radius 2 is 1.82 bits per heavy atom. The molecule has 2 aliphatic rings. The Morgan fingerprint density at radius 3 is 2.45 bits per heavy atom. The molecule has 2 aliphatic heterocycles. The minimum absolute atomic E-state index is 0.342. The first-order valence-electron chi connectivity index (χ1n) is 9.90. The van der Waals surface area contributed by atoms with E-state index in [2.05, 4.69) is 0 Å². The molecule has 0 unspecified atom stereocenters. The summed E-state index contributed by atoms with van der Waals surface area (Å²) in [4.78, 5) is 12.1. The molecule has 13 nitrogen and oxygen atoms in total. The lowest BCUT2D eigenvalue weighted by Crippen LogP contribution is -2.60. The monoisotopic (exact) mass is 474 g/mol. The van der Waals surface area contributed by atoms with Crippen molar-refractivity contribution in [3.8, 4) is 11.5 Å². The van der Waals surface area contributed by atoms with Crippen LogP contribution in [-0.4, -0.2) is 115 Å². The number of benzene rings is 1. The fourth-order valence-corrected chi connectivity index (χ4v) is 3.24. The number of esters is 1. The summed E-state index contributed by atoms with van der Waals surface area (Å²) in [6.07, 6.45) is -8.99. The van der Waals surface area contributed by atoms with Gasteiger partial charge >= 0.3 is 5.97 Å². The smallest absolute Gasteiger partial charge is 0.333 e. The molecule has 0 aromatic heterocycles. The van der Waals surface area contributed by atoms with Gasteiger partial charge in [-0.25, -0.2) is 4.79 Å². The average molecular weight is 474 g/mol. The van der Waals surface area contributed by atoms with Crippen LogP contribution in [0.15, 0.2) is 24.3 Å². The fraction of sp³-hybridized carbons (Fsp3) is 0.550. The minimum Gasteiger partial charge on any atom is -0.504 e. The third-order valence-corrected chi connectivity index (χ3v) is 5.32. The number of carbonyl (C=O) groups excluding carboxylic acids is 1. The first-order chi connectivity index (χ1) is 15.6. The summed E-state index contributed by atoms with van der Waals surface area (Å²) in [6, 6.07) is 3.81. The molecule has 8 N–H and O–H groups in total. The van der Waals surface area contributed by atoms with Crippen LogP contribution >= 0.6 is 0 Å². The van der Waals surface area contributed by atoms with Gasteiger partial charge in [0.25, 0.3) is 0 Å². The van der Waals surface area contributed by atoms with Crippen molar-refractivity contribution in [3.63, 3.8) is 0 Å². The first-order valence-corrected chi connectivity index (χ1v) is 9.90. The van der Waals surface area contributed by atoms with E-state index in [1.54, 1.807) is 0 Å². The van der Waals surface area contributed by atoms with E-state index in [9.17, 15) is 40.5 Å². The van der Waals surface area contributed by atoms with Gasteiger partial charge in [-0.15, -0.1) is 0 Å². The van der Waals surface area contributed by atoms with Gasteiger partial charge in [0, 0.05) is 6.08 Å². The molecule has 0 amide bonds. The number of hydrogen-bond acceptors (Lipinski definition) is 13. The lowest BCUT2D eigenvalue weighted by Gasteiger charge is -2.39. The maximum Gasteiger partial charge on any atom is 0.333 e. The Kier molecular flexibility index (Phi) is 7.89. The minimum atomic E-state index is -1.93. The van der Waals surface area contributed by atoms with E-state index in [-0.39, 0.29) is 5.75 Å². The normalized spacial score (nSPS) is 36.8. The molecule has 2 heterocycles. The van der Waals surface area contributed by atoms with Crippen LogP contribution < -0.4 is 0 Å². The molecule has 0 bridgehead atoms. The number of phenols is 2. The molecular weight excluding hydrogens is 448 g/mol. The van der Waals surface area contributed by atoms with Gasteiger partial charge in [0.1, 0.15) is 36.1 Å². The highest BCUT2D eigenvalue weighted by molar-refractivity contribution is 5.87. The molecule has 184 valence electrons. The van der Waals surface area contributed by atoms with E-state index < -0.39 is 80.2 Å². The number of aromatic hydroxyl groups is 2. The molecule has 3 rings (SSSR count). The standard InChI is InChI=1S/C20H26O13/c21-7-20(29)8-31-19(17(20)28)30-6-12-14(25)15(26)16(27)18(32-12)33-13(24)4-2-9-1-3-10(22)11(23)5-9/h1-5,12,14-19,21-23,25-29H,6-8H2/b4-2+/t12-,14-,15+,16-,17+,18+,19-,20-/m0/s1. The van der Waals surface area contributed by atoms with Crippen molar-refractivity contribution >= 4 is 12.0 Å². The van der Waals surface area contributed by atoms with Gasteiger partial charge in [0.05, 0.1) is 19.8 Å². The quantitative estimate of drug-likeness (QED) is 0.112. The largest absolute Gasteiger partial charge is 0.504 e. The maximum atomic E-state index is 12.1. The van der Waals surface area contributed by atoms with Crippen LogP contribution in [0.4, 0.5) is 0 Å². The molecule has 0 saturated carbocycles. The van der Waals surface area contributed by atoms with Gasteiger partial charge in [0.15, 0.2) is 17.8 Å². The lowest BCUT2D eigenvalue weighted by atomic mass is 9.99. The summed E-state index contributed by atoms with van der Waals surface area (Å²) in [5.74, 6) is -1.73. The van der Waals surface area contributed by atoms with Crippen molar-refractivity contribution < 1.29 is 64.6 Å². The van der Waals surface area contributed by atoms with Crippen LogP contribution in [0.2, 0.25) is 0 Å². The fourth-order valence-electron chi connectivity index (χ4n) is 3.24. The zero-order chi connectivity index (χ0) is 24.3.